The molecule has 1 N–H and O–H groups in total. The molecule has 2 aliphatic heterocycles. The minimum Gasteiger partial charge on any atom is -0.391 e. The van der Waals surface area contributed by atoms with Crippen LogP contribution in [0.15, 0.2) is 105 Å². The van der Waals surface area contributed by atoms with Gasteiger partial charge in [0.25, 0.3) is 0 Å². The second-order valence-electron chi connectivity index (χ2n) is 12.9. The highest BCUT2D eigenvalue weighted by atomic mass is 15.1. The molecule has 6 heteroatoms. The first-order chi connectivity index (χ1) is 22.1. The molecule has 2 aliphatic rings. The Morgan fingerprint density at radius 1 is 0.867 bits per heavy atom. The van der Waals surface area contributed by atoms with Gasteiger partial charge in [-0.25, -0.2) is 9.97 Å². The first kappa shape index (κ1) is 29.1. The molecule has 5 aromatic rings. The zero-order chi connectivity index (χ0) is 30.6. The van der Waals surface area contributed by atoms with Crippen molar-refractivity contribution in [2.24, 2.45) is 5.41 Å². The molecule has 0 saturated carbocycles. The van der Waals surface area contributed by atoms with Crippen molar-refractivity contribution in [1.82, 2.24) is 29.2 Å². The van der Waals surface area contributed by atoms with Crippen molar-refractivity contribution in [2.75, 3.05) is 19.6 Å². The van der Waals surface area contributed by atoms with Crippen molar-refractivity contribution in [3.05, 3.63) is 122 Å². The maximum Gasteiger partial charge on any atom is 0.137 e. The van der Waals surface area contributed by atoms with Gasteiger partial charge in [0.15, 0.2) is 0 Å². The second kappa shape index (κ2) is 12.8. The number of pyridine rings is 1. The number of hydrogen-bond acceptors (Lipinski definition) is 4. The molecule has 0 aliphatic carbocycles. The molecule has 5 heterocycles. The van der Waals surface area contributed by atoms with Crippen LogP contribution in [0.25, 0.3) is 33.9 Å². The Hall–Kier alpha value is -4.58. The summed E-state index contributed by atoms with van der Waals surface area (Å²) in [7, 11) is 0. The number of fused-ring (bicyclic) bond motifs is 2. The Morgan fingerprint density at radius 3 is 2.51 bits per heavy atom. The third kappa shape index (κ3) is 6.32. The van der Waals surface area contributed by atoms with Crippen LogP contribution in [0.4, 0.5) is 0 Å². The molecule has 0 atom stereocenters. The number of benzene rings is 2. The van der Waals surface area contributed by atoms with Gasteiger partial charge < -0.3 is 19.2 Å². The van der Waals surface area contributed by atoms with Gasteiger partial charge in [-0.05, 0) is 92.0 Å². The van der Waals surface area contributed by atoms with E-state index >= 15 is 0 Å². The summed E-state index contributed by atoms with van der Waals surface area (Å²) >= 11 is 0. The van der Waals surface area contributed by atoms with Crippen molar-refractivity contribution in [3.63, 3.8) is 0 Å². The summed E-state index contributed by atoms with van der Waals surface area (Å²) in [6, 6.07) is 23.9. The van der Waals surface area contributed by atoms with Crippen LogP contribution < -0.4 is 5.32 Å². The summed E-state index contributed by atoms with van der Waals surface area (Å²) in [4.78, 5) is 12.3. The molecule has 230 valence electrons. The van der Waals surface area contributed by atoms with Gasteiger partial charge in [0.2, 0.25) is 0 Å². The fourth-order valence-electron chi connectivity index (χ4n) is 7.28. The lowest BCUT2D eigenvalue weighted by Gasteiger charge is -2.44. The summed E-state index contributed by atoms with van der Waals surface area (Å²) in [5.41, 5.74) is 9.40. The smallest absolute Gasteiger partial charge is 0.137 e. The van der Waals surface area contributed by atoms with Crippen LogP contribution in [0.3, 0.4) is 0 Å². The lowest BCUT2D eigenvalue weighted by molar-refractivity contribution is 0.120. The Balaban J connectivity index is 1.03. The highest BCUT2D eigenvalue weighted by molar-refractivity contribution is 5.70. The van der Waals surface area contributed by atoms with Gasteiger partial charge in [-0.3, -0.25) is 0 Å². The maximum atomic E-state index is 4.98. The van der Waals surface area contributed by atoms with Crippen LogP contribution in [-0.2, 0) is 19.4 Å². The minimum absolute atomic E-state index is 0.286. The molecule has 7 rings (SSSR count). The summed E-state index contributed by atoms with van der Waals surface area (Å²) < 4.78 is 4.42. The summed E-state index contributed by atoms with van der Waals surface area (Å²) in [5.74, 6) is 1.24. The quantitative estimate of drug-likeness (QED) is 0.157. The van der Waals surface area contributed by atoms with Crippen molar-refractivity contribution < 1.29 is 0 Å². The van der Waals surface area contributed by atoms with Crippen LogP contribution in [0.5, 0.6) is 0 Å². The van der Waals surface area contributed by atoms with Gasteiger partial charge in [0.05, 0.1) is 11.4 Å². The Labute approximate surface area is 267 Å². The number of likely N-dealkylation sites (tertiary alicyclic amines) is 1. The maximum absolute atomic E-state index is 4.98. The molecule has 0 radical (unpaired) electrons. The average Bonchev–Trinajstić information content (AvgIpc) is 3.73. The lowest BCUT2D eigenvalue weighted by Crippen LogP contribution is -2.40. The van der Waals surface area contributed by atoms with Crippen molar-refractivity contribution >= 4 is 11.3 Å². The number of aromatic nitrogens is 4. The second-order valence-corrected chi connectivity index (χ2v) is 12.9. The van der Waals surface area contributed by atoms with E-state index in [-0.39, 0.29) is 5.41 Å². The molecular weight excluding hydrogens is 552 g/mol. The van der Waals surface area contributed by atoms with Gasteiger partial charge in [-0.15, -0.1) is 0 Å². The lowest BCUT2D eigenvalue weighted by atomic mass is 9.71. The Kier molecular flexibility index (Phi) is 8.29. The number of piperidine rings is 1. The number of rotatable bonds is 11. The van der Waals surface area contributed by atoms with E-state index in [9.17, 15) is 0 Å². The standard InChI is InChI=1S/C39H44N6/c1-3-40-21-18-39(17-16-31-10-8-12-33(26-31)35-28-44-22-6-4-14-37(44)41-35)19-24-43(25-20-39)30(2)32-11-9-13-34(27-32)36-29-45-23-7-5-15-38(45)42-36/h3,5,7-13,15,23,26-29,40H,1-2,4,6,14,16-22,24-25H2. The van der Waals surface area contributed by atoms with E-state index in [1.165, 1.54) is 41.8 Å². The molecule has 0 amide bonds. The van der Waals surface area contributed by atoms with Crippen molar-refractivity contribution in [2.45, 2.75) is 57.9 Å². The molecule has 1 saturated heterocycles. The van der Waals surface area contributed by atoms with Gasteiger partial charge in [-0.2, -0.15) is 0 Å². The Morgan fingerprint density at radius 2 is 1.69 bits per heavy atom. The highest BCUT2D eigenvalue weighted by Gasteiger charge is 2.34. The molecule has 3 aromatic heterocycles. The molecule has 1 fully saturated rings. The molecular formula is C39H44N6. The molecule has 45 heavy (non-hydrogen) atoms. The van der Waals surface area contributed by atoms with Gasteiger partial charge in [-0.1, -0.05) is 55.6 Å². The summed E-state index contributed by atoms with van der Waals surface area (Å²) in [6.07, 6.45) is 17.5. The van der Waals surface area contributed by atoms with Crippen LogP contribution in [0, 0.1) is 5.41 Å². The monoisotopic (exact) mass is 596 g/mol. The van der Waals surface area contributed by atoms with E-state index < -0.39 is 0 Å². The molecule has 0 bridgehead atoms. The fourth-order valence-corrected chi connectivity index (χ4v) is 7.28. The largest absolute Gasteiger partial charge is 0.391 e. The summed E-state index contributed by atoms with van der Waals surface area (Å²) in [6.45, 7) is 12.6. The zero-order valence-corrected chi connectivity index (χ0v) is 26.3. The summed E-state index contributed by atoms with van der Waals surface area (Å²) in [5, 5.41) is 3.38. The average molecular weight is 597 g/mol. The van der Waals surface area contributed by atoms with Gasteiger partial charge >= 0.3 is 0 Å². The van der Waals surface area contributed by atoms with E-state index in [0.717, 1.165) is 86.6 Å². The number of aryl methyl sites for hydroxylation is 3. The van der Waals surface area contributed by atoms with Gasteiger partial charge in [0.1, 0.15) is 11.5 Å². The number of hydrogen-bond donors (Lipinski definition) is 1. The van der Waals surface area contributed by atoms with E-state index in [4.69, 9.17) is 9.97 Å². The predicted octanol–water partition coefficient (Wildman–Crippen LogP) is 8.01. The minimum atomic E-state index is 0.286. The van der Waals surface area contributed by atoms with E-state index in [2.05, 4.69) is 93.3 Å². The van der Waals surface area contributed by atoms with Crippen LogP contribution in [0.1, 0.15) is 55.5 Å². The van der Waals surface area contributed by atoms with Crippen LogP contribution >= 0.6 is 0 Å². The number of imidazole rings is 2. The number of nitrogens with one attached hydrogen (secondary N) is 1. The molecule has 0 spiro atoms. The van der Waals surface area contributed by atoms with Crippen molar-refractivity contribution in [1.29, 1.82) is 0 Å². The van der Waals surface area contributed by atoms with E-state index in [1.807, 2.05) is 30.6 Å². The topological polar surface area (TPSA) is 50.4 Å². The van der Waals surface area contributed by atoms with Crippen LogP contribution in [0.2, 0.25) is 0 Å². The predicted molar refractivity (Wildman–Crippen MR) is 185 cm³/mol. The fraction of sp³-hybridized carbons (Fsp3) is 0.333. The third-order valence-corrected chi connectivity index (χ3v) is 10.1. The normalized spacial score (nSPS) is 16.0. The molecule has 0 unspecified atom stereocenters. The van der Waals surface area contributed by atoms with Crippen molar-refractivity contribution in [3.8, 4) is 22.5 Å². The number of nitrogens with zero attached hydrogens (tertiary/aromatic N) is 5. The highest BCUT2D eigenvalue weighted by Crippen LogP contribution is 2.41. The zero-order valence-electron chi connectivity index (χ0n) is 26.3. The first-order valence-corrected chi connectivity index (χ1v) is 16.6. The third-order valence-electron chi connectivity index (χ3n) is 10.1. The molecule has 2 aromatic carbocycles. The Bertz CT molecular complexity index is 1740. The SMILES string of the molecule is C=CNCCC1(CCc2cccc(-c3cn4c(n3)CCCC4)c2)CCN(C(=C)c2cccc(-c3cn4ccccc4n3)c2)CC1. The van der Waals surface area contributed by atoms with Crippen LogP contribution in [-0.4, -0.2) is 43.5 Å². The van der Waals surface area contributed by atoms with Gasteiger partial charge in [0, 0.05) is 68.0 Å². The van der Waals surface area contributed by atoms with E-state index in [0.29, 0.717) is 0 Å². The molecule has 6 nitrogen and oxygen atoms in total. The van der Waals surface area contributed by atoms with E-state index in [1.54, 1.807) is 0 Å². The first-order valence-electron chi connectivity index (χ1n) is 16.6.